The van der Waals surface area contributed by atoms with E-state index in [4.69, 9.17) is 11.6 Å². The van der Waals surface area contributed by atoms with Gasteiger partial charge in [-0.25, -0.2) is 0 Å². The summed E-state index contributed by atoms with van der Waals surface area (Å²) in [5.41, 5.74) is 0.816. The molecule has 0 aromatic carbocycles. The van der Waals surface area contributed by atoms with Crippen molar-refractivity contribution in [3.05, 3.63) is 23.8 Å². The zero-order valence-corrected chi connectivity index (χ0v) is 7.88. The van der Waals surface area contributed by atoms with Crippen LogP contribution in [0.3, 0.4) is 0 Å². The molecule has 0 atom stereocenters. The average Bonchev–Trinajstić information content (AvgIpc) is 2.19. The Hall–Kier alpha value is -0.600. The van der Waals surface area contributed by atoms with E-state index in [-0.39, 0.29) is 0 Å². The van der Waals surface area contributed by atoms with E-state index in [2.05, 4.69) is 4.74 Å². The smallest absolute Gasteiger partial charge is 0.149 e. The Morgan fingerprint density at radius 2 is 2.33 bits per heavy atom. The summed E-state index contributed by atoms with van der Waals surface area (Å²) in [6, 6.07) is 0.292. The molecular formula is C9H13ClO2. The van der Waals surface area contributed by atoms with Crippen molar-refractivity contribution in [3.8, 4) is 0 Å². The minimum Gasteiger partial charge on any atom is -0.369 e. The van der Waals surface area contributed by atoms with E-state index in [1.54, 1.807) is 7.11 Å². The highest BCUT2D eigenvalue weighted by Crippen LogP contribution is 2.05. The fraction of sp³-hybridized carbons (Fsp3) is 0.444. The molecule has 0 N–H and O–H groups in total. The number of aldehydes is 1. The molecule has 0 saturated carbocycles. The van der Waals surface area contributed by atoms with Crippen LogP contribution in [0.15, 0.2) is 23.8 Å². The molecule has 0 unspecified atom stereocenters. The van der Waals surface area contributed by atoms with Crippen LogP contribution in [0.25, 0.3) is 0 Å². The third-order valence-corrected chi connectivity index (χ3v) is 1.49. The van der Waals surface area contributed by atoms with Gasteiger partial charge in [-0.05, 0) is 12.8 Å². The van der Waals surface area contributed by atoms with Gasteiger partial charge in [0.05, 0.1) is 0 Å². The second kappa shape index (κ2) is 8.50. The van der Waals surface area contributed by atoms with Gasteiger partial charge < -0.3 is 4.74 Å². The average molecular weight is 189 g/mol. The molecule has 0 aromatic rings. The molecule has 0 bridgehead atoms. The molecule has 0 aromatic heterocycles. The number of alkyl halides is 1. The van der Waals surface area contributed by atoms with E-state index >= 15 is 0 Å². The van der Waals surface area contributed by atoms with Gasteiger partial charge >= 0.3 is 0 Å². The number of hydrogen-bond acceptors (Lipinski definition) is 2. The highest BCUT2D eigenvalue weighted by Gasteiger charge is 1.91. The number of rotatable bonds is 2. The lowest BCUT2D eigenvalue weighted by atomic mass is 10.1. The topological polar surface area (TPSA) is 26.3 Å². The van der Waals surface area contributed by atoms with E-state index in [1.165, 1.54) is 0 Å². The van der Waals surface area contributed by atoms with Crippen LogP contribution in [-0.4, -0.2) is 19.5 Å². The first kappa shape index (κ1) is 11.4. The first-order valence-electron chi connectivity index (χ1n) is 3.72. The SMILES string of the molecule is COCCl.O=CC1=CCCC=C1. The fourth-order valence-electron chi connectivity index (χ4n) is 0.721. The maximum atomic E-state index is 10.0. The van der Waals surface area contributed by atoms with Gasteiger partial charge in [-0.15, -0.1) is 0 Å². The van der Waals surface area contributed by atoms with Gasteiger partial charge in [0.1, 0.15) is 12.4 Å². The summed E-state index contributed by atoms with van der Waals surface area (Å²) in [6.07, 6.45) is 8.81. The van der Waals surface area contributed by atoms with Crippen molar-refractivity contribution in [1.82, 2.24) is 0 Å². The second-order valence-corrected chi connectivity index (χ2v) is 2.42. The molecule has 1 aliphatic rings. The molecule has 0 fully saturated rings. The maximum absolute atomic E-state index is 10.0. The van der Waals surface area contributed by atoms with Crippen molar-refractivity contribution < 1.29 is 9.53 Å². The number of methoxy groups -OCH3 is 1. The Kier molecular flexibility index (Phi) is 8.07. The normalized spacial score (nSPS) is 14.3. The van der Waals surface area contributed by atoms with E-state index in [9.17, 15) is 4.79 Å². The molecule has 0 heterocycles. The molecule has 1 rings (SSSR count). The van der Waals surface area contributed by atoms with Gasteiger partial charge in [0.2, 0.25) is 0 Å². The molecule has 3 heteroatoms. The summed E-state index contributed by atoms with van der Waals surface area (Å²) < 4.78 is 4.31. The molecule has 0 amide bonds. The third kappa shape index (κ3) is 6.13. The van der Waals surface area contributed by atoms with Gasteiger partial charge in [-0.3, -0.25) is 4.79 Å². The van der Waals surface area contributed by atoms with Crippen LogP contribution < -0.4 is 0 Å². The fourth-order valence-corrected chi connectivity index (χ4v) is 0.721. The zero-order valence-electron chi connectivity index (χ0n) is 7.13. The van der Waals surface area contributed by atoms with E-state index in [0.717, 1.165) is 24.7 Å². The van der Waals surface area contributed by atoms with Crippen molar-refractivity contribution in [3.63, 3.8) is 0 Å². The molecule has 0 radical (unpaired) electrons. The van der Waals surface area contributed by atoms with Crippen LogP contribution in [0.1, 0.15) is 12.8 Å². The number of ether oxygens (including phenoxy) is 1. The molecule has 12 heavy (non-hydrogen) atoms. The number of carbonyl (C=O) groups excluding carboxylic acids is 1. The van der Waals surface area contributed by atoms with E-state index in [0.29, 0.717) is 6.07 Å². The van der Waals surface area contributed by atoms with Crippen LogP contribution >= 0.6 is 11.6 Å². The molecule has 0 saturated heterocycles. The van der Waals surface area contributed by atoms with Crippen molar-refractivity contribution in [1.29, 1.82) is 0 Å². The summed E-state index contributed by atoms with van der Waals surface area (Å²) in [5.74, 6) is 0. The zero-order chi connectivity index (χ0) is 9.23. The monoisotopic (exact) mass is 188 g/mol. The van der Waals surface area contributed by atoms with Crippen LogP contribution in [0.2, 0.25) is 0 Å². The predicted octanol–water partition coefficient (Wildman–Crippen LogP) is 2.29. The van der Waals surface area contributed by atoms with Crippen LogP contribution in [0.5, 0.6) is 0 Å². The van der Waals surface area contributed by atoms with Crippen molar-refractivity contribution in [2.75, 3.05) is 13.2 Å². The van der Waals surface area contributed by atoms with Gasteiger partial charge in [-0.1, -0.05) is 29.8 Å². The van der Waals surface area contributed by atoms with Gasteiger partial charge in [-0.2, -0.15) is 0 Å². The first-order chi connectivity index (χ1) is 5.85. The number of carbonyl (C=O) groups is 1. The lowest BCUT2D eigenvalue weighted by molar-refractivity contribution is -0.104. The maximum Gasteiger partial charge on any atom is 0.149 e. The number of allylic oxidation sites excluding steroid dienone is 4. The number of hydrogen-bond donors (Lipinski definition) is 0. The molecular weight excluding hydrogens is 176 g/mol. The minimum absolute atomic E-state index is 0.292. The largest absolute Gasteiger partial charge is 0.369 e. The van der Waals surface area contributed by atoms with Gasteiger partial charge in [0.25, 0.3) is 0 Å². The summed E-state index contributed by atoms with van der Waals surface area (Å²) >= 11 is 4.96. The summed E-state index contributed by atoms with van der Waals surface area (Å²) in [7, 11) is 1.55. The third-order valence-electron chi connectivity index (χ3n) is 1.27. The predicted molar refractivity (Wildman–Crippen MR) is 50.3 cm³/mol. The Balaban J connectivity index is 0.000000261. The Labute approximate surface area is 77.9 Å². The number of halogens is 1. The molecule has 2 nitrogen and oxygen atoms in total. The van der Waals surface area contributed by atoms with Crippen LogP contribution in [-0.2, 0) is 9.53 Å². The van der Waals surface area contributed by atoms with E-state index < -0.39 is 0 Å². The van der Waals surface area contributed by atoms with Crippen LogP contribution in [0, 0.1) is 0 Å². The summed E-state index contributed by atoms with van der Waals surface area (Å²) in [4.78, 5) is 10.0. The highest BCUT2D eigenvalue weighted by molar-refractivity contribution is 6.17. The van der Waals surface area contributed by atoms with Crippen LogP contribution in [0.4, 0.5) is 0 Å². The van der Waals surface area contributed by atoms with Gasteiger partial charge in [0, 0.05) is 12.7 Å². The Bertz CT molecular complexity index is 171. The second-order valence-electron chi connectivity index (χ2n) is 2.20. The van der Waals surface area contributed by atoms with E-state index in [1.807, 2.05) is 18.2 Å². The standard InChI is InChI=1S/C7H8O.C2H5ClO/c8-6-7-4-2-1-3-5-7;1-4-2-3/h2,4-6H,1,3H2;2H2,1H3. The summed E-state index contributed by atoms with van der Waals surface area (Å²) in [6.45, 7) is 0. The van der Waals surface area contributed by atoms with Crippen molar-refractivity contribution in [2.24, 2.45) is 0 Å². The molecule has 1 aliphatic carbocycles. The Morgan fingerprint density at radius 3 is 2.58 bits per heavy atom. The first-order valence-corrected chi connectivity index (χ1v) is 4.25. The molecule has 0 spiro atoms. The lowest BCUT2D eigenvalue weighted by Gasteiger charge is -1.95. The minimum atomic E-state index is 0.292. The quantitative estimate of drug-likeness (QED) is 0.491. The van der Waals surface area contributed by atoms with Gasteiger partial charge in [0.15, 0.2) is 0 Å². The lowest BCUT2D eigenvalue weighted by Crippen LogP contribution is -1.83. The Morgan fingerprint density at radius 1 is 1.67 bits per heavy atom. The molecule has 68 valence electrons. The molecule has 0 aliphatic heterocycles. The van der Waals surface area contributed by atoms with Crippen molar-refractivity contribution in [2.45, 2.75) is 12.8 Å². The highest BCUT2D eigenvalue weighted by atomic mass is 35.5. The summed E-state index contributed by atoms with van der Waals surface area (Å²) in [5, 5.41) is 0. The van der Waals surface area contributed by atoms with Crippen molar-refractivity contribution >= 4 is 17.9 Å².